The zero-order valence-electron chi connectivity index (χ0n) is 44.6. The quantitative estimate of drug-likeness (QED) is 0.0618. The average Bonchev–Trinajstić information content (AvgIpc) is 4.27. The smallest absolute Gasteiger partial charge is 0.373 e. The van der Waals surface area contributed by atoms with Crippen LogP contribution in [0.15, 0.2) is 145 Å². The molecular formula is C53H61Cl2F2N10O10P3. The van der Waals surface area contributed by atoms with Crippen molar-refractivity contribution in [2.75, 3.05) is 49.4 Å². The highest BCUT2D eigenvalue weighted by atomic mass is 35.5. The van der Waals surface area contributed by atoms with Crippen LogP contribution in [0.4, 0.5) is 20.4 Å². The third kappa shape index (κ3) is 17.2. The number of nitrogens with zero attached hydrogens (tertiary/aromatic N) is 9. The lowest BCUT2D eigenvalue weighted by atomic mass is 10.2. The summed E-state index contributed by atoms with van der Waals surface area (Å²) in [5.41, 5.74) is 7.29. The number of hydrogen-bond acceptors (Lipinski definition) is 18. The van der Waals surface area contributed by atoms with Gasteiger partial charge in [0.25, 0.3) is 0 Å². The summed E-state index contributed by atoms with van der Waals surface area (Å²) in [5, 5.41) is 3.37. The maximum atomic E-state index is 15.3. The van der Waals surface area contributed by atoms with Crippen LogP contribution in [0.5, 0.6) is 0 Å². The third-order valence-corrected chi connectivity index (χ3v) is 20.1. The van der Waals surface area contributed by atoms with Gasteiger partial charge in [-0.15, -0.1) is 23.2 Å². The number of aromatic nitrogens is 8. The van der Waals surface area contributed by atoms with Crippen LogP contribution in [0, 0.1) is 11.8 Å². The second-order valence-corrected chi connectivity index (χ2v) is 28.8. The normalized spacial score (nSPS) is 18.7. The Balaban J connectivity index is 0.000000284. The number of fused-ring (bicyclic) bond motifs is 2. The zero-order valence-corrected chi connectivity index (χ0v) is 48.8. The van der Waals surface area contributed by atoms with E-state index in [-0.39, 0.29) is 36.2 Å². The summed E-state index contributed by atoms with van der Waals surface area (Å²) < 4.78 is 86.6. The molecule has 0 bridgehead atoms. The maximum Gasteiger partial charge on any atom is 0.373 e. The Hall–Kier alpha value is -6.23. The molecule has 0 saturated carbocycles. The second-order valence-electron chi connectivity index (χ2n) is 18.5. The van der Waals surface area contributed by atoms with Crippen molar-refractivity contribution >= 4 is 107 Å². The molecule has 4 aromatic heterocycles. The van der Waals surface area contributed by atoms with Crippen LogP contribution < -0.4 is 21.6 Å². The number of anilines is 1. The SMILES string of the molecule is CC[C@H](C)C[P@](C)(=O)COC1C=C(F)[C@H](n2cnc3c(N)ncnc32)O1.CC[C@H](C)C[P@](C)(=O)COC1C=C(F)[C@H](n2cnc3c(N=P(c4ccccc4)(c4ccccc4)c4ccccc4)ncnc32)O1.ClCCl.O=C=O.O=C=O. The van der Waals surface area contributed by atoms with E-state index in [0.29, 0.717) is 52.3 Å². The molecule has 9 rings (SSSR count). The van der Waals surface area contributed by atoms with E-state index in [9.17, 15) is 13.5 Å². The Morgan fingerprint density at radius 2 is 1.00 bits per heavy atom. The molecule has 0 saturated heterocycles. The lowest BCUT2D eigenvalue weighted by molar-refractivity contribution is -0.193. The van der Waals surface area contributed by atoms with E-state index in [4.69, 9.17) is 71.8 Å². The van der Waals surface area contributed by atoms with Crippen LogP contribution >= 0.6 is 44.5 Å². The minimum Gasteiger partial charge on any atom is -0.382 e. The summed E-state index contributed by atoms with van der Waals surface area (Å²) in [6, 6.07) is 30.6. The standard InChI is InChI=1S/C34H36FN5O3P2.C16H23FN5O3P.CH2Cl2.2CO2/c1-4-25(2)21-44(3,41)24-42-30-20-29(35)34(43-30)40-23-38-31-32(36-22-37-33(31)40)39-45(26-14-8-5-9-15-26,27-16-10-6-11-17-27)28-18-12-7-13-19-28;1-4-10(2)6-26(3,23)9-24-12-5-11(17)16(25-12)22-8-21-13-14(18)19-7-20-15(13)22;3*2-1-3/h5-20,22-23,25,30,34H,4,21,24H2,1-3H3;5,7-8,10,12,16H,4,6,9H2,1-3H3,(H2,18,19,20);1H2;;/t25-,30?,34+,44-;10-,12?,16+,26-;;;/m00.../s1. The van der Waals surface area contributed by atoms with Gasteiger partial charge in [-0.2, -0.15) is 19.2 Å². The molecule has 7 aromatic rings. The van der Waals surface area contributed by atoms with E-state index in [1.54, 1.807) is 13.3 Å². The highest BCUT2D eigenvalue weighted by molar-refractivity contribution is 7.87. The van der Waals surface area contributed by atoms with Crippen LogP contribution in [0.1, 0.15) is 53.0 Å². The first-order valence-electron chi connectivity index (χ1n) is 24.8. The molecule has 426 valence electrons. The fourth-order valence-corrected chi connectivity index (χ4v) is 16.2. The van der Waals surface area contributed by atoms with E-state index >= 15 is 4.39 Å². The molecule has 0 amide bonds. The molecule has 27 heteroatoms. The zero-order chi connectivity index (χ0) is 58.5. The molecule has 3 aromatic carbocycles. The first kappa shape index (κ1) is 64.6. The Kier molecular flexibility index (Phi) is 25.1. The Morgan fingerprint density at radius 3 is 1.39 bits per heavy atom. The molecule has 2 aliphatic rings. The van der Waals surface area contributed by atoms with Gasteiger partial charge in [0.1, 0.15) is 45.2 Å². The first-order valence-corrected chi connectivity index (χ1v) is 32.6. The molecule has 0 spiro atoms. The minimum absolute atomic E-state index is 0.0125. The fraction of sp³-hybridized carbons (Fsp3) is 0.358. The molecule has 80 heavy (non-hydrogen) atoms. The minimum atomic E-state index is -2.63. The van der Waals surface area contributed by atoms with Gasteiger partial charge < -0.3 is 33.8 Å². The van der Waals surface area contributed by atoms with Crippen molar-refractivity contribution < 1.29 is 56.0 Å². The topological polar surface area (TPSA) is 265 Å². The number of halogens is 4. The van der Waals surface area contributed by atoms with Crippen LogP contribution in [-0.4, -0.2) is 108 Å². The summed E-state index contributed by atoms with van der Waals surface area (Å²) in [6.07, 6.45) is 7.60. The lowest BCUT2D eigenvalue weighted by Crippen LogP contribution is -2.25. The molecule has 6 heterocycles. The Bertz CT molecular complexity index is 3290. The number of imidazole rings is 2. The molecular weight excluding hydrogens is 1140 g/mol. The monoisotopic (exact) mass is 1200 g/mol. The van der Waals surface area contributed by atoms with Crippen molar-refractivity contribution in [3.63, 3.8) is 0 Å². The highest BCUT2D eigenvalue weighted by Crippen LogP contribution is 2.50. The predicted molar refractivity (Wildman–Crippen MR) is 303 cm³/mol. The molecule has 2 N–H and O–H groups in total. The Labute approximate surface area is 471 Å². The van der Waals surface area contributed by atoms with Gasteiger partial charge in [-0.05, 0) is 25.2 Å². The summed E-state index contributed by atoms with van der Waals surface area (Å²) in [6.45, 7) is 11.7. The Morgan fingerprint density at radius 1 is 0.637 bits per heavy atom. The molecule has 0 fully saturated rings. The molecule has 2 aliphatic heterocycles. The summed E-state index contributed by atoms with van der Waals surface area (Å²) in [5.74, 6) is 0.207. The van der Waals surface area contributed by atoms with Gasteiger partial charge in [-0.3, -0.25) is 9.13 Å². The van der Waals surface area contributed by atoms with Gasteiger partial charge in [-0.1, -0.05) is 132 Å². The van der Waals surface area contributed by atoms with Crippen molar-refractivity contribution in [1.82, 2.24) is 39.0 Å². The van der Waals surface area contributed by atoms with Crippen LogP contribution in [0.25, 0.3) is 22.3 Å². The summed E-state index contributed by atoms with van der Waals surface area (Å²) in [4.78, 5) is 58.2. The van der Waals surface area contributed by atoms with Gasteiger partial charge in [-0.25, -0.2) is 43.4 Å². The maximum absolute atomic E-state index is 15.3. The third-order valence-electron chi connectivity index (χ3n) is 12.3. The van der Waals surface area contributed by atoms with Crippen molar-refractivity contribution in [2.45, 2.75) is 65.6 Å². The van der Waals surface area contributed by atoms with Crippen LogP contribution in [0.2, 0.25) is 0 Å². The van der Waals surface area contributed by atoms with Gasteiger partial charge in [0, 0.05) is 40.4 Å². The number of alkyl halides is 2. The molecule has 20 nitrogen and oxygen atoms in total. The van der Waals surface area contributed by atoms with Crippen molar-refractivity contribution in [2.24, 2.45) is 16.6 Å². The number of carbonyl (C=O) groups excluding carboxylic acids is 4. The number of nitrogens with two attached hydrogens (primary N) is 1. The highest BCUT2D eigenvalue weighted by Gasteiger charge is 2.35. The molecule has 0 aliphatic carbocycles. The van der Waals surface area contributed by atoms with Crippen molar-refractivity contribution in [3.05, 3.63) is 140 Å². The van der Waals surface area contributed by atoms with Crippen LogP contribution in [0.3, 0.4) is 0 Å². The van der Waals surface area contributed by atoms with E-state index < -0.39 is 58.0 Å². The van der Waals surface area contributed by atoms with E-state index in [2.05, 4.69) is 94.0 Å². The molecule has 8 atom stereocenters. The summed E-state index contributed by atoms with van der Waals surface area (Å²) >= 11 is 9.53. The molecule has 0 radical (unpaired) electrons. The first-order chi connectivity index (χ1) is 38.3. The summed E-state index contributed by atoms with van der Waals surface area (Å²) in [7, 11) is -7.67. The second kappa shape index (κ2) is 31.1. The predicted octanol–water partition coefficient (Wildman–Crippen LogP) is 10.7. The van der Waals surface area contributed by atoms with E-state index in [0.717, 1.165) is 28.8 Å². The van der Waals surface area contributed by atoms with Gasteiger partial charge >= 0.3 is 12.3 Å². The number of rotatable bonds is 18. The van der Waals surface area contributed by atoms with Gasteiger partial charge in [0.2, 0.25) is 0 Å². The lowest BCUT2D eigenvalue weighted by Gasteiger charge is -2.26. The van der Waals surface area contributed by atoms with Gasteiger partial charge in [0.15, 0.2) is 65.1 Å². The number of hydrogen-bond donors (Lipinski definition) is 1. The fourth-order valence-electron chi connectivity index (χ4n) is 8.42. The largest absolute Gasteiger partial charge is 0.382 e. The number of benzene rings is 3. The number of ether oxygens (including phenoxy) is 4. The van der Waals surface area contributed by atoms with E-state index in [1.165, 1.54) is 46.6 Å². The van der Waals surface area contributed by atoms with Gasteiger partial charge in [0.05, 0.1) is 25.0 Å². The van der Waals surface area contributed by atoms with Crippen molar-refractivity contribution in [3.8, 4) is 0 Å². The molecule has 2 unspecified atom stereocenters. The van der Waals surface area contributed by atoms with Crippen molar-refractivity contribution in [1.29, 1.82) is 0 Å². The average molecular weight is 1200 g/mol. The van der Waals surface area contributed by atoms with E-state index in [1.807, 2.05) is 54.6 Å². The number of nitrogen functional groups attached to an aromatic ring is 1. The van der Waals surface area contributed by atoms with Crippen LogP contribution in [-0.2, 0) is 47.3 Å².